The van der Waals surface area contributed by atoms with Crippen molar-refractivity contribution < 1.29 is 9.66 Å². The lowest BCUT2D eigenvalue weighted by molar-refractivity contribution is -0.385. The molecule has 0 atom stereocenters. The standard InChI is InChI=1S/C15H17N5O3/c1-23-14-4-2-12(3-5-14)18-6-8-19(9-7-18)15-16-10-13(11-17-15)20(21)22/h2-5,10-11H,6-9H2,1H3. The number of nitrogens with zero attached hydrogens (tertiary/aromatic N) is 5. The zero-order chi connectivity index (χ0) is 16.2. The molecule has 1 aliphatic heterocycles. The van der Waals surface area contributed by atoms with Crippen molar-refractivity contribution in [3.8, 4) is 5.75 Å². The first-order valence-corrected chi connectivity index (χ1v) is 7.28. The molecule has 1 aromatic heterocycles. The van der Waals surface area contributed by atoms with Gasteiger partial charge in [0.05, 0.1) is 12.0 Å². The Morgan fingerprint density at radius 2 is 1.61 bits per heavy atom. The summed E-state index contributed by atoms with van der Waals surface area (Å²) in [4.78, 5) is 22.6. The summed E-state index contributed by atoms with van der Waals surface area (Å²) in [6.07, 6.45) is 2.50. The molecule has 120 valence electrons. The van der Waals surface area contributed by atoms with Crippen LogP contribution in [0, 0.1) is 10.1 Å². The van der Waals surface area contributed by atoms with E-state index in [-0.39, 0.29) is 5.69 Å². The van der Waals surface area contributed by atoms with Gasteiger partial charge in [0, 0.05) is 31.9 Å². The van der Waals surface area contributed by atoms with Gasteiger partial charge in [0.25, 0.3) is 0 Å². The maximum Gasteiger partial charge on any atom is 0.305 e. The van der Waals surface area contributed by atoms with Crippen molar-refractivity contribution in [2.24, 2.45) is 0 Å². The summed E-state index contributed by atoms with van der Waals surface area (Å²) in [5.41, 5.74) is 1.06. The van der Waals surface area contributed by atoms with Crippen LogP contribution in [0.25, 0.3) is 0 Å². The Labute approximate surface area is 133 Å². The Kier molecular flexibility index (Phi) is 4.22. The van der Waals surface area contributed by atoms with Crippen LogP contribution in [0.2, 0.25) is 0 Å². The topological polar surface area (TPSA) is 84.6 Å². The number of hydrogen-bond donors (Lipinski definition) is 0. The van der Waals surface area contributed by atoms with Gasteiger partial charge in [0.1, 0.15) is 18.1 Å². The van der Waals surface area contributed by atoms with E-state index >= 15 is 0 Å². The van der Waals surface area contributed by atoms with E-state index in [0.717, 1.165) is 37.6 Å². The predicted molar refractivity (Wildman–Crippen MR) is 86.1 cm³/mol. The third kappa shape index (κ3) is 3.31. The fourth-order valence-electron chi connectivity index (χ4n) is 2.53. The second-order valence-corrected chi connectivity index (χ2v) is 5.17. The normalized spacial score (nSPS) is 14.7. The maximum absolute atomic E-state index is 10.6. The van der Waals surface area contributed by atoms with Crippen molar-refractivity contribution in [2.45, 2.75) is 0 Å². The molecule has 0 amide bonds. The molecule has 0 N–H and O–H groups in total. The van der Waals surface area contributed by atoms with Gasteiger partial charge in [-0.15, -0.1) is 0 Å². The molecule has 1 saturated heterocycles. The van der Waals surface area contributed by atoms with E-state index in [1.807, 2.05) is 29.2 Å². The summed E-state index contributed by atoms with van der Waals surface area (Å²) < 4.78 is 5.17. The molecule has 0 unspecified atom stereocenters. The van der Waals surface area contributed by atoms with Gasteiger partial charge in [0.15, 0.2) is 0 Å². The second kappa shape index (κ2) is 6.47. The quantitative estimate of drug-likeness (QED) is 0.627. The minimum atomic E-state index is -0.495. The van der Waals surface area contributed by atoms with E-state index in [1.165, 1.54) is 12.4 Å². The number of rotatable bonds is 4. The van der Waals surface area contributed by atoms with Gasteiger partial charge in [-0.3, -0.25) is 10.1 Å². The van der Waals surface area contributed by atoms with Crippen molar-refractivity contribution >= 4 is 17.3 Å². The van der Waals surface area contributed by atoms with Crippen LogP contribution in [0.15, 0.2) is 36.7 Å². The summed E-state index contributed by atoms with van der Waals surface area (Å²) in [5, 5.41) is 10.6. The molecular weight excluding hydrogens is 298 g/mol. The van der Waals surface area contributed by atoms with Crippen LogP contribution in [-0.4, -0.2) is 48.2 Å². The highest BCUT2D eigenvalue weighted by atomic mass is 16.6. The Hall–Kier alpha value is -2.90. The summed E-state index contributed by atoms with van der Waals surface area (Å²) in [6.45, 7) is 3.22. The molecule has 1 aromatic carbocycles. The molecule has 0 bridgehead atoms. The fourth-order valence-corrected chi connectivity index (χ4v) is 2.53. The second-order valence-electron chi connectivity index (χ2n) is 5.17. The number of hydrogen-bond acceptors (Lipinski definition) is 7. The van der Waals surface area contributed by atoms with Crippen molar-refractivity contribution in [1.82, 2.24) is 9.97 Å². The maximum atomic E-state index is 10.6. The molecule has 0 aliphatic carbocycles. The number of ether oxygens (including phenoxy) is 1. The van der Waals surface area contributed by atoms with Crippen LogP contribution >= 0.6 is 0 Å². The van der Waals surface area contributed by atoms with Gasteiger partial charge in [0.2, 0.25) is 5.95 Å². The summed E-state index contributed by atoms with van der Waals surface area (Å²) in [6, 6.07) is 7.97. The van der Waals surface area contributed by atoms with Crippen LogP contribution in [0.4, 0.5) is 17.3 Å². The Bertz CT molecular complexity index is 667. The number of nitro groups is 1. The number of aromatic nitrogens is 2. The zero-order valence-corrected chi connectivity index (χ0v) is 12.8. The van der Waals surface area contributed by atoms with E-state index < -0.39 is 4.92 Å². The highest BCUT2D eigenvalue weighted by Gasteiger charge is 2.20. The van der Waals surface area contributed by atoms with Gasteiger partial charge in [-0.05, 0) is 24.3 Å². The molecule has 8 nitrogen and oxygen atoms in total. The van der Waals surface area contributed by atoms with Crippen LogP contribution < -0.4 is 14.5 Å². The molecule has 0 radical (unpaired) electrons. The summed E-state index contributed by atoms with van der Waals surface area (Å²) >= 11 is 0. The average molecular weight is 315 g/mol. The van der Waals surface area contributed by atoms with E-state index in [2.05, 4.69) is 14.9 Å². The van der Waals surface area contributed by atoms with Crippen molar-refractivity contribution in [1.29, 1.82) is 0 Å². The smallest absolute Gasteiger partial charge is 0.305 e. The largest absolute Gasteiger partial charge is 0.497 e. The lowest BCUT2D eigenvalue weighted by Gasteiger charge is -2.36. The number of piperazine rings is 1. The Balaban J connectivity index is 1.62. The highest BCUT2D eigenvalue weighted by molar-refractivity contribution is 5.50. The van der Waals surface area contributed by atoms with Gasteiger partial charge < -0.3 is 14.5 Å². The summed E-state index contributed by atoms with van der Waals surface area (Å²) in [5.74, 6) is 1.37. The number of methoxy groups -OCH3 is 1. The molecule has 1 fully saturated rings. The molecule has 2 aromatic rings. The monoisotopic (exact) mass is 315 g/mol. The number of benzene rings is 1. The lowest BCUT2D eigenvalue weighted by Crippen LogP contribution is -2.47. The molecule has 23 heavy (non-hydrogen) atoms. The third-order valence-electron chi connectivity index (χ3n) is 3.84. The molecule has 3 rings (SSSR count). The van der Waals surface area contributed by atoms with Crippen LogP contribution in [-0.2, 0) is 0 Å². The van der Waals surface area contributed by atoms with Crippen LogP contribution in [0.1, 0.15) is 0 Å². The molecule has 1 aliphatic rings. The van der Waals surface area contributed by atoms with E-state index in [0.29, 0.717) is 5.95 Å². The number of anilines is 2. The van der Waals surface area contributed by atoms with Gasteiger partial charge in [-0.1, -0.05) is 0 Å². The Morgan fingerprint density at radius 3 is 2.13 bits per heavy atom. The molecule has 0 spiro atoms. The molecule has 8 heteroatoms. The van der Waals surface area contributed by atoms with Crippen LogP contribution in [0.5, 0.6) is 5.75 Å². The van der Waals surface area contributed by atoms with Crippen LogP contribution in [0.3, 0.4) is 0 Å². The van der Waals surface area contributed by atoms with Crippen molar-refractivity contribution in [3.63, 3.8) is 0 Å². The molecule has 0 saturated carbocycles. The Morgan fingerprint density at radius 1 is 1.04 bits per heavy atom. The van der Waals surface area contributed by atoms with E-state index in [9.17, 15) is 10.1 Å². The minimum absolute atomic E-state index is 0.0920. The summed E-state index contributed by atoms with van der Waals surface area (Å²) in [7, 11) is 1.65. The van der Waals surface area contributed by atoms with E-state index in [4.69, 9.17) is 4.74 Å². The minimum Gasteiger partial charge on any atom is -0.497 e. The van der Waals surface area contributed by atoms with Crippen molar-refractivity contribution in [2.75, 3.05) is 43.1 Å². The van der Waals surface area contributed by atoms with Gasteiger partial charge in [-0.25, -0.2) is 9.97 Å². The molecular formula is C15H17N5O3. The van der Waals surface area contributed by atoms with E-state index in [1.54, 1.807) is 7.11 Å². The highest BCUT2D eigenvalue weighted by Crippen LogP contribution is 2.21. The average Bonchev–Trinajstić information content (AvgIpc) is 2.62. The third-order valence-corrected chi connectivity index (χ3v) is 3.84. The van der Waals surface area contributed by atoms with Gasteiger partial charge in [-0.2, -0.15) is 0 Å². The first kappa shape index (κ1) is 15.0. The zero-order valence-electron chi connectivity index (χ0n) is 12.8. The SMILES string of the molecule is COc1ccc(N2CCN(c3ncc([N+](=O)[O-])cn3)CC2)cc1. The fraction of sp³-hybridized carbons (Fsp3) is 0.333. The lowest BCUT2D eigenvalue weighted by atomic mass is 10.2. The first-order chi connectivity index (χ1) is 11.2. The predicted octanol–water partition coefficient (Wildman–Crippen LogP) is 1.72. The molecule has 2 heterocycles. The first-order valence-electron chi connectivity index (χ1n) is 7.28. The van der Waals surface area contributed by atoms with Gasteiger partial charge >= 0.3 is 5.69 Å². The van der Waals surface area contributed by atoms with Crippen molar-refractivity contribution in [3.05, 3.63) is 46.8 Å².